The minimum Gasteiger partial charge on any atom is -0.507 e. The lowest BCUT2D eigenvalue weighted by atomic mass is 9.78. The summed E-state index contributed by atoms with van der Waals surface area (Å²) in [6.45, 7) is 15.6. The zero-order valence-electron chi connectivity index (χ0n) is 24.8. The Balaban J connectivity index is 1.59. The Kier molecular flexibility index (Phi) is 6.64. The summed E-state index contributed by atoms with van der Waals surface area (Å²) in [5.74, 6) is -1.77. The number of Topliss-reactive ketones (excluding diaryl/α,β-unsaturated/α-hetero) is 2. The maximum Gasteiger partial charge on any atom is 0.343 e. The average Bonchev–Trinajstić information content (AvgIpc) is 3.14. The van der Waals surface area contributed by atoms with Crippen LogP contribution in [0.4, 0.5) is 0 Å². The number of aromatic nitrogens is 1. The number of carbonyl (C=O) groups excluding carboxylic acids is 3. The van der Waals surface area contributed by atoms with Gasteiger partial charge in [-0.2, -0.15) is 0 Å². The highest BCUT2D eigenvalue weighted by atomic mass is 16.5. The summed E-state index contributed by atoms with van der Waals surface area (Å²) >= 11 is 0. The quantitative estimate of drug-likeness (QED) is 0.161. The van der Waals surface area contributed by atoms with Gasteiger partial charge in [0.1, 0.15) is 17.2 Å². The van der Waals surface area contributed by atoms with Crippen LogP contribution >= 0.6 is 0 Å². The molecule has 41 heavy (non-hydrogen) atoms. The van der Waals surface area contributed by atoms with Gasteiger partial charge in [-0.1, -0.05) is 71.9 Å². The summed E-state index contributed by atoms with van der Waals surface area (Å²) in [5, 5.41) is 11.8. The molecule has 4 aromatic rings. The molecule has 1 heterocycles. The van der Waals surface area contributed by atoms with Crippen molar-refractivity contribution < 1.29 is 24.2 Å². The summed E-state index contributed by atoms with van der Waals surface area (Å²) in [6, 6.07) is 15.7. The molecule has 6 nitrogen and oxygen atoms in total. The van der Waals surface area contributed by atoms with Crippen molar-refractivity contribution in [3.05, 3.63) is 99.2 Å². The first-order valence-corrected chi connectivity index (χ1v) is 13.8. The highest BCUT2D eigenvalue weighted by molar-refractivity contribution is 6.30. The number of ketones is 2. The fourth-order valence-corrected chi connectivity index (χ4v) is 5.54. The van der Waals surface area contributed by atoms with E-state index in [4.69, 9.17) is 9.72 Å². The van der Waals surface area contributed by atoms with E-state index in [1.54, 1.807) is 36.4 Å². The van der Waals surface area contributed by atoms with Crippen molar-refractivity contribution in [2.45, 2.75) is 72.1 Å². The predicted molar refractivity (Wildman–Crippen MR) is 160 cm³/mol. The lowest BCUT2D eigenvalue weighted by Gasteiger charge is -2.28. The number of carbonyl (C=O) groups is 3. The molecule has 0 spiro atoms. The van der Waals surface area contributed by atoms with Crippen LogP contribution in [-0.4, -0.2) is 27.6 Å². The smallest absolute Gasteiger partial charge is 0.343 e. The second-order valence-electron chi connectivity index (χ2n) is 13.0. The molecule has 1 atom stereocenters. The zero-order chi connectivity index (χ0) is 30.0. The molecule has 0 saturated carbocycles. The first-order chi connectivity index (χ1) is 19.1. The number of nitrogens with zero attached hydrogens (tertiary/aromatic N) is 1. The molecule has 0 bridgehead atoms. The standard InChI is InChI=1S/C35H35NO5/c1-18-12-15-26(41-33(40)20-16-23(34(3,4)5)31(38)24(17-20)35(6,7)8)29-21(18)13-14-25(36-29)28-30(37)22-11-9-10-19(2)27(22)32(28)39/h9-17,28,38H,1-8H3/t28-/m1/s1. The highest BCUT2D eigenvalue weighted by Crippen LogP contribution is 2.41. The van der Waals surface area contributed by atoms with E-state index in [1.165, 1.54) is 0 Å². The van der Waals surface area contributed by atoms with Crippen molar-refractivity contribution in [1.82, 2.24) is 4.98 Å². The Bertz CT molecular complexity index is 1730. The van der Waals surface area contributed by atoms with Crippen LogP contribution in [0.25, 0.3) is 10.9 Å². The summed E-state index contributed by atoms with van der Waals surface area (Å²) < 4.78 is 5.94. The molecule has 0 radical (unpaired) electrons. The number of hydrogen-bond acceptors (Lipinski definition) is 6. The van der Waals surface area contributed by atoms with E-state index in [9.17, 15) is 19.5 Å². The number of hydrogen-bond donors (Lipinski definition) is 1. The summed E-state index contributed by atoms with van der Waals surface area (Å²) in [4.78, 5) is 45.0. The summed E-state index contributed by atoms with van der Waals surface area (Å²) in [6.07, 6.45) is 0. The highest BCUT2D eigenvalue weighted by Gasteiger charge is 2.41. The van der Waals surface area contributed by atoms with Gasteiger partial charge in [0.05, 0.1) is 11.3 Å². The molecule has 5 rings (SSSR count). The number of phenolic OH excluding ortho intramolecular Hbond substituents is 1. The largest absolute Gasteiger partial charge is 0.507 e. The molecule has 6 heteroatoms. The van der Waals surface area contributed by atoms with Crippen LogP contribution in [0, 0.1) is 13.8 Å². The van der Waals surface area contributed by atoms with Gasteiger partial charge in [-0.3, -0.25) is 9.59 Å². The number of rotatable bonds is 3. The Morgan fingerprint density at radius 1 is 0.829 bits per heavy atom. The van der Waals surface area contributed by atoms with Gasteiger partial charge in [-0.25, -0.2) is 9.78 Å². The van der Waals surface area contributed by atoms with Gasteiger partial charge >= 0.3 is 5.97 Å². The van der Waals surface area contributed by atoms with Crippen molar-refractivity contribution in [1.29, 1.82) is 0 Å². The predicted octanol–water partition coefficient (Wildman–Crippen LogP) is 7.53. The molecular weight excluding hydrogens is 514 g/mol. The van der Waals surface area contributed by atoms with Gasteiger partial charge in [0, 0.05) is 27.6 Å². The molecule has 0 saturated heterocycles. The number of phenols is 1. The third kappa shape index (κ3) is 4.82. The van der Waals surface area contributed by atoms with E-state index in [1.807, 2.05) is 73.6 Å². The second-order valence-corrected chi connectivity index (χ2v) is 13.0. The first-order valence-electron chi connectivity index (χ1n) is 13.8. The van der Waals surface area contributed by atoms with Gasteiger partial charge in [-0.05, 0) is 60.1 Å². The summed E-state index contributed by atoms with van der Waals surface area (Å²) in [7, 11) is 0. The normalized spacial score (nSPS) is 15.4. The van der Waals surface area contributed by atoms with Gasteiger partial charge in [-0.15, -0.1) is 0 Å². The van der Waals surface area contributed by atoms with Crippen LogP contribution in [0.1, 0.15) is 106 Å². The minimum absolute atomic E-state index is 0.177. The zero-order valence-corrected chi connectivity index (χ0v) is 24.8. The monoisotopic (exact) mass is 549 g/mol. The molecule has 0 amide bonds. The number of esters is 1. The van der Waals surface area contributed by atoms with E-state index in [0.29, 0.717) is 39.0 Å². The van der Waals surface area contributed by atoms with E-state index in [-0.39, 0.29) is 23.1 Å². The number of pyridine rings is 1. The number of fused-ring (bicyclic) bond motifs is 2. The van der Waals surface area contributed by atoms with E-state index < -0.39 is 22.7 Å². The van der Waals surface area contributed by atoms with Gasteiger partial charge in [0.25, 0.3) is 0 Å². The molecule has 0 aliphatic heterocycles. The van der Waals surface area contributed by atoms with E-state index >= 15 is 0 Å². The molecule has 1 aliphatic rings. The fourth-order valence-electron chi connectivity index (χ4n) is 5.54. The topological polar surface area (TPSA) is 93.6 Å². The van der Waals surface area contributed by atoms with E-state index in [2.05, 4.69) is 0 Å². The van der Waals surface area contributed by atoms with Crippen LogP contribution in [0.3, 0.4) is 0 Å². The molecule has 1 aromatic heterocycles. The SMILES string of the molecule is Cc1cccc2c1C(=O)[C@H](c1ccc3c(C)ccc(OC(=O)c4cc(C(C)(C)C)c(O)c(C(C)(C)C)c4)c3n1)C2=O. The lowest BCUT2D eigenvalue weighted by molar-refractivity contribution is 0.0735. The number of aryl methyl sites for hydroxylation is 2. The maximum absolute atomic E-state index is 13.6. The third-order valence-electron chi connectivity index (χ3n) is 7.83. The van der Waals surface area contributed by atoms with Gasteiger partial charge < -0.3 is 9.84 Å². The Morgan fingerprint density at radius 2 is 1.46 bits per heavy atom. The fraction of sp³-hybridized carbons (Fsp3) is 0.314. The lowest BCUT2D eigenvalue weighted by Crippen LogP contribution is -2.20. The van der Waals surface area contributed by atoms with Crippen LogP contribution in [0.15, 0.2) is 54.6 Å². The Labute approximate surface area is 240 Å². The van der Waals surface area contributed by atoms with Gasteiger partial charge in [0.15, 0.2) is 17.3 Å². The second kappa shape index (κ2) is 9.65. The van der Waals surface area contributed by atoms with Crippen molar-refractivity contribution >= 4 is 28.4 Å². The van der Waals surface area contributed by atoms with Crippen LogP contribution in [0.5, 0.6) is 11.5 Å². The van der Waals surface area contributed by atoms with Crippen molar-refractivity contribution in [3.63, 3.8) is 0 Å². The number of ether oxygens (including phenoxy) is 1. The summed E-state index contributed by atoms with van der Waals surface area (Å²) in [5.41, 5.74) is 4.03. The van der Waals surface area contributed by atoms with E-state index in [0.717, 1.165) is 16.5 Å². The van der Waals surface area contributed by atoms with Crippen LogP contribution in [0.2, 0.25) is 0 Å². The molecule has 1 N–H and O–H groups in total. The molecule has 3 aromatic carbocycles. The molecule has 1 aliphatic carbocycles. The minimum atomic E-state index is -1.04. The molecule has 0 unspecified atom stereocenters. The Morgan fingerprint density at radius 3 is 2.05 bits per heavy atom. The maximum atomic E-state index is 13.6. The van der Waals surface area contributed by atoms with Gasteiger partial charge in [0.2, 0.25) is 0 Å². The molecule has 210 valence electrons. The van der Waals surface area contributed by atoms with Crippen molar-refractivity contribution in [3.8, 4) is 11.5 Å². The Hall–Kier alpha value is -4.32. The first kappa shape index (κ1) is 28.2. The van der Waals surface area contributed by atoms with Crippen molar-refractivity contribution in [2.75, 3.05) is 0 Å². The van der Waals surface area contributed by atoms with Crippen molar-refractivity contribution in [2.24, 2.45) is 0 Å². The average molecular weight is 550 g/mol. The number of benzene rings is 3. The number of aromatic hydroxyl groups is 1. The molecule has 0 fully saturated rings. The molecular formula is C35H35NO5. The van der Waals surface area contributed by atoms with Crippen LogP contribution < -0.4 is 4.74 Å². The van der Waals surface area contributed by atoms with Crippen LogP contribution in [-0.2, 0) is 10.8 Å². The third-order valence-corrected chi connectivity index (χ3v) is 7.83.